The zero-order valence-electron chi connectivity index (χ0n) is 27.7. The molecule has 0 unspecified atom stereocenters. The molecule has 0 heterocycles. The van der Waals surface area contributed by atoms with Gasteiger partial charge in [-0.3, -0.25) is 0 Å². The van der Waals surface area contributed by atoms with Gasteiger partial charge in [0.05, 0.1) is 30.4 Å². The molecule has 0 aromatic heterocycles. The first-order valence-corrected chi connectivity index (χ1v) is 17.4. The number of hydrogen-bond acceptors (Lipinski definition) is 5. The normalized spacial score (nSPS) is 10.8. The number of carbonyl (C=O) groups excluding carboxylic acids is 1. The molecule has 0 saturated heterocycles. The van der Waals surface area contributed by atoms with Gasteiger partial charge in [-0.25, -0.2) is 4.79 Å². The molecule has 0 N–H and O–H groups in total. The summed E-state index contributed by atoms with van der Waals surface area (Å²) >= 11 is 0. The van der Waals surface area contributed by atoms with Crippen molar-refractivity contribution >= 4 is 5.97 Å². The van der Waals surface area contributed by atoms with Crippen LogP contribution in [-0.2, 0) is 0 Å². The number of unbranched alkanes of at least 4 members (excludes halogenated alkanes) is 14. The van der Waals surface area contributed by atoms with E-state index < -0.39 is 5.97 Å². The van der Waals surface area contributed by atoms with Crippen LogP contribution in [0.25, 0.3) is 11.1 Å². The molecule has 0 atom stereocenters. The molecular weight excluding hydrogens is 558 g/mol. The van der Waals surface area contributed by atoms with Crippen LogP contribution >= 0.6 is 0 Å². The highest BCUT2D eigenvalue weighted by Crippen LogP contribution is 2.30. The van der Waals surface area contributed by atoms with Crippen molar-refractivity contribution in [2.75, 3.05) is 13.2 Å². The van der Waals surface area contributed by atoms with Crippen molar-refractivity contribution in [1.29, 1.82) is 5.26 Å². The second-order valence-corrected chi connectivity index (χ2v) is 11.9. The SMILES string of the molecule is CCCCCCCCCCOc1ccc(C(=O)Oc2ccc(-c3ccc(C#N)cc3)cc2)cc1OCCCCCCCCCC. The Hall–Kier alpha value is -3.78. The van der Waals surface area contributed by atoms with Gasteiger partial charge in [-0.1, -0.05) is 128 Å². The number of rotatable bonds is 23. The maximum Gasteiger partial charge on any atom is 0.343 e. The number of ether oxygens (including phenoxy) is 3. The van der Waals surface area contributed by atoms with Crippen LogP contribution < -0.4 is 14.2 Å². The van der Waals surface area contributed by atoms with Crippen LogP contribution in [0.15, 0.2) is 66.7 Å². The van der Waals surface area contributed by atoms with Crippen LogP contribution in [-0.4, -0.2) is 19.2 Å². The largest absolute Gasteiger partial charge is 0.490 e. The van der Waals surface area contributed by atoms with Crippen LogP contribution in [0, 0.1) is 11.3 Å². The Morgan fingerprint density at radius 3 is 1.56 bits per heavy atom. The summed E-state index contributed by atoms with van der Waals surface area (Å²) in [5.74, 6) is 1.31. The molecule has 0 amide bonds. The van der Waals surface area contributed by atoms with E-state index in [0.717, 1.165) is 36.8 Å². The molecule has 0 radical (unpaired) electrons. The van der Waals surface area contributed by atoms with Gasteiger partial charge in [0.25, 0.3) is 0 Å². The molecule has 0 fully saturated rings. The van der Waals surface area contributed by atoms with Crippen molar-refractivity contribution in [1.82, 2.24) is 0 Å². The molecule has 0 spiro atoms. The molecule has 0 aliphatic rings. The van der Waals surface area contributed by atoms with E-state index in [1.807, 2.05) is 30.3 Å². The molecule has 0 bridgehead atoms. The van der Waals surface area contributed by atoms with Gasteiger partial charge in [0.1, 0.15) is 5.75 Å². The van der Waals surface area contributed by atoms with Crippen molar-refractivity contribution in [2.45, 2.75) is 117 Å². The van der Waals surface area contributed by atoms with Crippen molar-refractivity contribution in [3.8, 4) is 34.4 Å². The van der Waals surface area contributed by atoms with Crippen LogP contribution in [0.4, 0.5) is 0 Å². The smallest absolute Gasteiger partial charge is 0.343 e. The van der Waals surface area contributed by atoms with Gasteiger partial charge < -0.3 is 14.2 Å². The lowest BCUT2D eigenvalue weighted by atomic mass is 10.0. The zero-order valence-corrected chi connectivity index (χ0v) is 27.7. The van der Waals surface area contributed by atoms with E-state index in [-0.39, 0.29) is 0 Å². The molecule has 3 aromatic rings. The summed E-state index contributed by atoms with van der Waals surface area (Å²) < 4.78 is 18.0. The molecule has 3 rings (SSSR count). The quantitative estimate of drug-likeness (QED) is 0.0606. The Morgan fingerprint density at radius 1 is 0.578 bits per heavy atom. The summed E-state index contributed by atoms with van der Waals surface area (Å²) in [6.07, 6.45) is 19.9. The first kappa shape index (κ1) is 35.7. The molecule has 5 nitrogen and oxygen atoms in total. The van der Waals surface area contributed by atoms with E-state index in [9.17, 15) is 4.79 Å². The van der Waals surface area contributed by atoms with Gasteiger partial charge in [-0.15, -0.1) is 0 Å². The molecule has 45 heavy (non-hydrogen) atoms. The minimum atomic E-state index is -0.437. The zero-order chi connectivity index (χ0) is 32.0. The monoisotopic (exact) mass is 611 g/mol. The Bertz CT molecular complexity index is 1280. The third-order valence-corrected chi connectivity index (χ3v) is 8.10. The Kier molecular flexibility index (Phi) is 17.3. The minimum Gasteiger partial charge on any atom is -0.490 e. The summed E-state index contributed by atoms with van der Waals surface area (Å²) in [6, 6.07) is 22.3. The highest BCUT2D eigenvalue weighted by molar-refractivity contribution is 5.92. The van der Waals surface area contributed by atoms with Crippen molar-refractivity contribution in [3.05, 3.63) is 77.9 Å². The topological polar surface area (TPSA) is 68.5 Å². The standard InChI is InChI=1S/C40H53NO4/c1-3-5-7-9-11-13-15-17-29-43-38-28-25-36(31-39(38)44-30-18-16-14-12-10-8-6-4-2)40(42)45-37-26-23-35(24-27-37)34-21-19-33(32-41)20-22-34/h19-28,31H,3-18,29-30H2,1-2H3. The van der Waals surface area contributed by atoms with Gasteiger partial charge >= 0.3 is 5.97 Å². The average Bonchev–Trinajstić information content (AvgIpc) is 3.07. The number of nitriles is 1. The van der Waals surface area contributed by atoms with Gasteiger partial charge in [-0.05, 0) is 66.4 Å². The van der Waals surface area contributed by atoms with Crippen molar-refractivity contribution in [3.63, 3.8) is 0 Å². The molecule has 242 valence electrons. The lowest BCUT2D eigenvalue weighted by Gasteiger charge is -2.14. The van der Waals surface area contributed by atoms with Crippen LogP contribution in [0.3, 0.4) is 0 Å². The van der Waals surface area contributed by atoms with E-state index in [0.29, 0.717) is 41.6 Å². The van der Waals surface area contributed by atoms with E-state index in [1.165, 1.54) is 77.0 Å². The number of nitrogens with zero attached hydrogens (tertiary/aromatic N) is 1. The predicted molar refractivity (Wildman–Crippen MR) is 184 cm³/mol. The summed E-state index contributed by atoms with van der Waals surface area (Å²) in [5, 5.41) is 9.03. The van der Waals surface area contributed by atoms with Crippen LogP contribution in [0.1, 0.15) is 133 Å². The molecule has 0 saturated carbocycles. The summed E-state index contributed by atoms with van der Waals surface area (Å²) in [6.45, 7) is 5.73. The predicted octanol–water partition coefficient (Wildman–Crippen LogP) is 11.5. The second kappa shape index (κ2) is 21.8. The molecular formula is C40H53NO4. The van der Waals surface area contributed by atoms with Gasteiger partial charge in [-0.2, -0.15) is 5.26 Å². The first-order chi connectivity index (χ1) is 22.1. The Labute approximate surface area is 271 Å². The number of hydrogen-bond donors (Lipinski definition) is 0. The highest BCUT2D eigenvalue weighted by atomic mass is 16.5. The first-order valence-electron chi connectivity index (χ1n) is 17.4. The van der Waals surface area contributed by atoms with E-state index >= 15 is 0 Å². The fraction of sp³-hybridized carbons (Fsp3) is 0.500. The summed E-state index contributed by atoms with van der Waals surface area (Å²) in [5.41, 5.74) is 3.02. The highest BCUT2D eigenvalue weighted by Gasteiger charge is 2.14. The lowest BCUT2D eigenvalue weighted by Crippen LogP contribution is -2.10. The van der Waals surface area contributed by atoms with Crippen LogP contribution in [0.2, 0.25) is 0 Å². The molecule has 0 aliphatic heterocycles. The maximum absolute atomic E-state index is 13.1. The molecule has 0 aliphatic carbocycles. The lowest BCUT2D eigenvalue weighted by molar-refractivity contribution is 0.0734. The average molecular weight is 612 g/mol. The fourth-order valence-corrected chi connectivity index (χ4v) is 5.32. The van der Waals surface area contributed by atoms with Crippen molar-refractivity contribution < 1.29 is 19.0 Å². The van der Waals surface area contributed by atoms with Gasteiger partial charge in [0.15, 0.2) is 11.5 Å². The minimum absolute atomic E-state index is 0.427. The fourth-order valence-electron chi connectivity index (χ4n) is 5.32. The summed E-state index contributed by atoms with van der Waals surface area (Å²) in [4.78, 5) is 13.1. The number of carbonyl (C=O) groups is 1. The Morgan fingerprint density at radius 2 is 1.04 bits per heavy atom. The number of benzene rings is 3. The van der Waals surface area contributed by atoms with Crippen LogP contribution in [0.5, 0.6) is 17.2 Å². The maximum atomic E-state index is 13.1. The molecule has 3 aromatic carbocycles. The van der Waals surface area contributed by atoms with E-state index in [4.69, 9.17) is 19.5 Å². The van der Waals surface area contributed by atoms with Gasteiger partial charge in [0, 0.05) is 0 Å². The third-order valence-electron chi connectivity index (χ3n) is 8.10. The van der Waals surface area contributed by atoms with Crippen molar-refractivity contribution in [2.24, 2.45) is 0 Å². The summed E-state index contributed by atoms with van der Waals surface area (Å²) in [7, 11) is 0. The third kappa shape index (κ3) is 13.8. The molecule has 5 heteroatoms. The van der Waals surface area contributed by atoms with E-state index in [1.54, 1.807) is 36.4 Å². The van der Waals surface area contributed by atoms with Gasteiger partial charge in [0.2, 0.25) is 0 Å². The second-order valence-electron chi connectivity index (χ2n) is 11.9. The number of esters is 1. The van der Waals surface area contributed by atoms with E-state index in [2.05, 4.69) is 19.9 Å². The Balaban J connectivity index is 1.55.